The van der Waals surface area contributed by atoms with Crippen molar-refractivity contribution < 1.29 is 9.53 Å². The SMILES string of the molecule is CCCc1nc(NN)c(C)c(NCCOC(N)=O)n1. The largest absolute Gasteiger partial charge is 0.448 e. The molecule has 0 aliphatic heterocycles. The van der Waals surface area contributed by atoms with Gasteiger partial charge in [-0.25, -0.2) is 20.6 Å². The minimum atomic E-state index is -0.794. The standard InChI is InChI=1S/C11H20N6O2/c1-3-4-8-15-9(7(2)10(16-8)17-13)14-5-6-19-11(12)18/h3-6,13H2,1-2H3,(H2,12,18)(H2,14,15,16,17). The van der Waals surface area contributed by atoms with Gasteiger partial charge < -0.3 is 21.2 Å². The van der Waals surface area contributed by atoms with Gasteiger partial charge in [-0.1, -0.05) is 6.92 Å². The van der Waals surface area contributed by atoms with Crippen molar-refractivity contribution in [1.82, 2.24) is 9.97 Å². The predicted molar refractivity (Wildman–Crippen MR) is 72.6 cm³/mol. The Morgan fingerprint density at radius 3 is 2.63 bits per heavy atom. The molecule has 1 rings (SSSR count). The fourth-order valence-corrected chi connectivity index (χ4v) is 1.53. The van der Waals surface area contributed by atoms with Crippen LogP contribution < -0.4 is 22.3 Å². The van der Waals surface area contributed by atoms with Crippen LogP contribution in [0, 0.1) is 6.92 Å². The van der Waals surface area contributed by atoms with Crippen molar-refractivity contribution in [1.29, 1.82) is 0 Å². The number of rotatable bonds is 7. The van der Waals surface area contributed by atoms with Crippen molar-refractivity contribution in [2.24, 2.45) is 11.6 Å². The molecule has 1 aromatic heterocycles. The first-order chi connectivity index (χ1) is 9.08. The van der Waals surface area contributed by atoms with Crippen LogP contribution in [0.15, 0.2) is 0 Å². The average molecular weight is 268 g/mol. The summed E-state index contributed by atoms with van der Waals surface area (Å²) >= 11 is 0. The summed E-state index contributed by atoms with van der Waals surface area (Å²) in [5, 5.41) is 3.06. The van der Waals surface area contributed by atoms with E-state index in [0.717, 1.165) is 18.4 Å². The Morgan fingerprint density at radius 2 is 2.05 bits per heavy atom. The van der Waals surface area contributed by atoms with Gasteiger partial charge in [-0.05, 0) is 13.3 Å². The van der Waals surface area contributed by atoms with Crippen molar-refractivity contribution in [2.45, 2.75) is 26.7 Å². The summed E-state index contributed by atoms with van der Waals surface area (Å²) in [7, 11) is 0. The van der Waals surface area contributed by atoms with Crippen LogP contribution in [0.4, 0.5) is 16.4 Å². The smallest absolute Gasteiger partial charge is 0.404 e. The molecule has 1 aromatic rings. The topological polar surface area (TPSA) is 128 Å². The molecule has 0 fully saturated rings. The van der Waals surface area contributed by atoms with E-state index in [9.17, 15) is 4.79 Å². The second-order valence-corrected chi connectivity index (χ2v) is 3.95. The molecule has 0 saturated heterocycles. The Kier molecular flexibility index (Phi) is 5.80. The molecule has 0 aliphatic carbocycles. The lowest BCUT2D eigenvalue weighted by Crippen LogP contribution is -2.20. The Morgan fingerprint density at radius 1 is 1.37 bits per heavy atom. The van der Waals surface area contributed by atoms with Gasteiger partial charge in [0.2, 0.25) is 0 Å². The maximum atomic E-state index is 10.4. The molecular weight excluding hydrogens is 248 g/mol. The number of nitrogens with one attached hydrogen (secondary N) is 2. The number of carbonyl (C=O) groups excluding carboxylic acids is 1. The molecule has 0 atom stereocenters. The van der Waals surface area contributed by atoms with Crippen LogP contribution in [0.25, 0.3) is 0 Å². The van der Waals surface area contributed by atoms with Crippen LogP contribution in [-0.2, 0) is 11.2 Å². The molecule has 0 spiro atoms. The molecule has 8 nitrogen and oxygen atoms in total. The molecule has 0 aromatic carbocycles. The zero-order valence-electron chi connectivity index (χ0n) is 11.2. The van der Waals surface area contributed by atoms with E-state index in [-0.39, 0.29) is 6.61 Å². The second-order valence-electron chi connectivity index (χ2n) is 3.95. The normalized spacial score (nSPS) is 10.1. The summed E-state index contributed by atoms with van der Waals surface area (Å²) in [6, 6.07) is 0. The highest BCUT2D eigenvalue weighted by Gasteiger charge is 2.09. The number of primary amides is 1. The average Bonchev–Trinajstić information content (AvgIpc) is 2.37. The Balaban J connectivity index is 2.74. The number of amides is 1. The highest BCUT2D eigenvalue weighted by Crippen LogP contribution is 2.19. The first-order valence-electron chi connectivity index (χ1n) is 6.08. The summed E-state index contributed by atoms with van der Waals surface area (Å²) in [6.07, 6.45) is 0.913. The van der Waals surface area contributed by atoms with E-state index in [2.05, 4.69) is 25.4 Å². The molecule has 1 heterocycles. The maximum absolute atomic E-state index is 10.4. The first-order valence-corrected chi connectivity index (χ1v) is 6.08. The van der Waals surface area contributed by atoms with Gasteiger partial charge in [-0.15, -0.1) is 0 Å². The minimum absolute atomic E-state index is 0.174. The van der Waals surface area contributed by atoms with Crippen LogP contribution in [0.1, 0.15) is 24.7 Å². The van der Waals surface area contributed by atoms with E-state index < -0.39 is 6.09 Å². The first kappa shape index (κ1) is 15.0. The Labute approximate surface area is 111 Å². The molecule has 106 valence electrons. The summed E-state index contributed by atoms with van der Waals surface area (Å²) in [5.41, 5.74) is 8.22. The van der Waals surface area contributed by atoms with E-state index >= 15 is 0 Å². The van der Waals surface area contributed by atoms with Gasteiger partial charge in [0.15, 0.2) is 0 Å². The van der Waals surface area contributed by atoms with Crippen LogP contribution in [0.5, 0.6) is 0 Å². The summed E-state index contributed by atoms with van der Waals surface area (Å²) in [5.74, 6) is 7.38. The molecular formula is C11H20N6O2. The summed E-state index contributed by atoms with van der Waals surface area (Å²) < 4.78 is 4.63. The third-order valence-electron chi connectivity index (χ3n) is 2.44. The van der Waals surface area contributed by atoms with Crippen LogP contribution in [0.3, 0.4) is 0 Å². The van der Waals surface area contributed by atoms with E-state index in [0.29, 0.717) is 24.0 Å². The van der Waals surface area contributed by atoms with E-state index in [1.807, 2.05) is 13.8 Å². The molecule has 0 radical (unpaired) electrons. The third kappa shape index (κ3) is 4.59. The number of hydrogen-bond donors (Lipinski definition) is 4. The maximum Gasteiger partial charge on any atom is 0.404 e. The molecule has 0 aliphatic rings. The molecule has 0 saturated carbocycles. The number of ether oxygens (including phenoxy) is 1. The van der Waals surface area contributed by atoms with Gasteiger partial charge in [-0.2, -0.15) is 0 Å². The highest BCUT2D eigenvalue weighted by molar-refractivity contribution is 5.64. The van der Waals surface area contributed by atoms with E-state index in [1.165, 1.54) is 0 Å². The highest BCUT2D eigenvalue weighted by atomic mass is 16.5. The zero-order valence-corrected chi connectivity index (χ0v) is 11.2. The molecule has 0 bridgehead atoms. The van der Waals surface area contributed by atoms with Crippen molar-refractivity contribution in [2.75, 3.05) is 23.9 Å². The second kappa shape index (κ2) is 7.37. The molecule has 1 amide bonds. The molecule has 8 heteroatoms. The van der Waals surface area contributed by atoms with Crippen molar-refractivity contribution in [3.05, 3.63) is 11.4 Å². The van der Waals surface area contributed by atoms with Crippen LogP contribution in [-0.4, -0.2) is 29.2 Å². The van der Waals surface area contributed by atoms with Gasteiger partial charge in [0.25, 0.3) is 0 Å². The van der Waals surface area contributed by atoms with E-state index in [4.69, 9.17) is 11.6 Å². The number of aryl methyl sites for hydroxylation is 1. The summed E-state index contributed by atoms with van der Waals surface area (Å²) in [6.45, 7) is 4.48. The van der Waals surface area contributed by atoms with Gasteiger partial charge in [-0.3, -0.25) is 0 Å². The fraction of sp³-hybridized carbons (Fsp3) is 0.545. The van der Waals surface area contributed by atoms with Gasteiger partial charge >= 0.3 is 6.09 Å². The van der Waals surface area contributed by atoms with Gasteiger partial charge in [0.05, 0.1) is 6.54 Å². The number of carbonyl (C=O) groups is 1. The Bertz CT molecular complexity index is 437. The van der Waals surface area contributed by atoms with Gasteiger partial charge in [0, 0.05) is 12.0 Å². The number of nitrogens with zero attached hydrogens (tertiary/aromatic N) is 2. The van der Waals surface area contributed by atoms with Crippen molar-refractivity contribution >= 4 is 17.7 Å². The van der Waals surface area contributed by atoms with E-state index in [1.54, 1.807) is 0 Å². The number of nitrogen functional groups attached to an aromatic ring is 1. The number of hydrazine groups is 1. The monoisotopic (exact) mass is 268 g/mol. The summed E-state index contributed by atoms with van der Waals surface area (Å²) in [4.78, 5) is 19.1. The zero-order chi connectivity index (χ0) is 14.3. The lowest BCUT2D eigenvalue weighted by atomic mass is 10.2. The quantitative estimate of drug-likeness (QED) is 0.322. The predicted octanol–water partition coefficient (Wildman–Crippen LogP) is 0.530. The molecule has 19 heavy (non-hydrogen) atoms. The van der Waals surface area contributed by atoms with Gasteiger partial charge in [0.1, 0.15) is 24.1 Å². The third-order valence-corrected chi connectivity index (χ3v) is 2.44. The molecule has 6 N–H and O–H groups in total. The van der Waals surface area contributed by atoms with Crippen LogP contribution >= 0.6 is 0 Å². The lowest BCUT2D eigenvalue weighted by molar-refractivity contribution is 0.161. The Hall–Kier alpha value is -2.09. The number of nitrogens with two attached hydrogens (primary N) is 2. The lowest BCUT2D eigenvalue weighted by Gasteiger charge is -2.13. The fourth-order valence-electron chi connectivity index (χ4n) is 1.53. The minimum Gasteiger partial charge on any atom is -0.448 e. The number of anilines is 2. The van der Waals surface area contributed by atoms with Crippen molar-refractivity contribution in [3.63, 3.8) is 0 Å². The number of aromatic nitrogens is 2. The van der Waals surface area contributed by atoms with Crippen molar-refractivity contribution in [3.8, 4) is 0 Å². The number of hydrogen-bond acceptors (Lipinski definition) is 7. The molecule has 0 unspecified atom stereocenters. The van der Waals surface area contributed by atoms with Crippen LogP contribution in [0.2, 0.25) is 0 Å².